The van der Waals surface area contributed by atoms with Crippen molar-refractivity contribution in [2.24, 2.45) is 0 Å². The van der Waals surface area contributed by atoms with Gasteiger partial charge in [-0.05, 0) is 19.3 Å². The van der Waals surface area contributed by atoms with Gasteiger partial charge in [-0.3, -0.25) is 19.3 Å². The minimum Gasteiger partial charge on any atom is -0.376 e. The highest BCUT2D eigenvalue weighted by Crippen LogP contribution is 2.13. The van der Waals surface area contributed by atoms with Crippen molar-refractivity contribution in [2.75, 3.05) is 19.7 Å². The van der Waals surface area contributed by atoms with Crippen LogP contribution in [-0.4, -0.2) is 48.4 Å². The van der Waals surface area contributed by atoms with E-state index >= 15 is 0 Å². The van der Waals surface area contributed by atoms with Crippen LogP contribution < -0.4 is 5.32 Å². The van der Waals surface area contributed by atoms with Crippen molar-refractivity contribution in [3.8, 4) is 0 Å². The zero-order chi connectivity index (χ0) is 13.7. The molecule has 0 aromatic carbocycles. The number of ether oxygens (including phenoxy) is 1. The van der Waals surface area contributed by atoms with Crippen LogP contribution in [0.15, 0.2) is 0 Å². The predicted octanol–water partition coefficient (Wildman–Crippen LogP) is 0.211. The van der Waals surface area contributed by atoms with E-state index in [0.29, 0.717) is 38.8 Å². The monoisotopic (exact) mass is 268 g/mol. The maximum atomic E-state index is 11.6. The molecule has 2 saturated heterocycles. The molecular formula is C13H20N2O4. The molecule has 1 N–H and O–H groups in total. The average Bonchev–Trinajstić information content (AvgIpc) is 3.00. The Kier molecular flexibility index (Phi) is 4.90. The number of carbonyl (C=O) groups is 3. The molecule has 6 nitrogen and oxygen atoms in total. The maximum Gasteiger partial charge on any atom is 0.229 e. The van der Waals surface area contributed by atoms with Gasteiger partial charge in [-0.25, -0.2) is 0 Å². The standard InChI is InChI=1S/C13H20N2O4/c16-11(14-9-10-3-2-8-19-10)4-1-7-15-12(17)5-6-13(15)18/h10H,1-9H2,(H,14,16). The van der Waals surface area contributed by atoms with E-state index in [1.807, 2.05) is 0 Å². The quantitative estimate of drug-likeness (QED) is 0.699. The zero-order valence-electron chi connectivity index (χ0n) is 11.0. The van der Waals surface area contributed by atoms with Crippen molar-refractivity contribution in [3.05, 3.63) is 0 Å². The Morgan fingerprint density at radius 3 is 2.68 bits per heavy atom. The molecule has 0 saturated carbocycles. The molecule has 1 unspecified atom stereocenters. The van der Waals surface area contributed by atoms with Crippen molar-refractivity contribution in [1.29, 1.82) is 0 Å². The number of amides is 3. The number of likely N-dealkylation sites (tertiary alicyclic amines) is 1. The van der Waals surface area contributed by atoms with Gasteiger partial charge in [0, 0.05) is 39.0 Å². The summed E-state index contributed by atoms with van der Waals surface area (Å²) in [5.41, 5.74) is 0. The first-order valence-corrected chi connectivity index (χ1v) is 6.88. The van der Waals surface area contributed by atoms with E-state index < -0.39 is 0 Å². The average molecular weight is 268 g/mol. The molecule has 0 aromatic rings. The van der Waals surface area contributed by atoms with Gasteiger partial charge in [-0.15, -0.1) is 0 Å². The molecule has 6 heteroatoms. The van der Waals surface area contributed by atoms with Crippen molar-refractivity contribution in [2.45, 2.75) is 44.6 Å². The van der Waals surface area contributed by atoms with Crippen LogP contribution >= 0.6 is 0 Å². The van der Waals surface area contributed by atoms with E-state index in [9.17, 15) is 14.4 Å². The minimum atomic E-state index is -0.121. The summed E-state index contributed by atoms with van der Waals surface area (Å²) >= 11 is 0. The summed E-state index contributed by atoms with van der Waals surface area (Å²) in [6.07, 6.45) is 3.68. The highest BCUT2D eigenvalue weighted by Gasteiger charge is 2.28. The number of rotatable bonds is 6. The van der Waals surface area contributed by atoms with Gasteiger partial charge in [-0.2, -0.15) is 0 Å². The van der Waals surface area contributed by atoms with E-state index in [1.54, 1.807) is 0 Å². The van der Waals surface area contributed by atoms with Gasteiger partial charge >= 0.3 is 0 Å². The van der Waals surface area contributed by atoms with Crippen molar-refractivity contribution in [3.63, 3.8) is 0 Å². The third-order valence-corrected chi connectivity index (χ3v) is 3.49. The summed E-state index contributed by atoms with van der Waals surface area (Å²) < 4.78 is 5.40. The molecule has 106 valence electrons. The SMILES string of the molecule is O=C(CCCN1C(=O)CCC1=O)NCC1CCCO1. The lowest BCUT2D eigenvalue weighted by Gasteiger charge is -2.14. The molecule has 0 aromatic heterocycles. The number of carbonyl (C=O) groups excluding carboxylic acids is 3. The number of hydrogen-bond donors (Lipinski definition) is 1. The third-order valence-electron chi connectivity index (χ3n) is 3.49. The van der Waals surface area contributed by atoms with Crippen molar-refractivity contribution in [1.82, 2.24) is 10.2 Å². The molecule has 1 atom stereocenters. The lowest BCUT2D eigenvalue weighted by atomic mass is 10.2. The summed E-state index contributed by atoms with van der Waals surface area (Å²) in [7, 11) is 0. The Morgan fingerprint density at radius 1 is 1.32 bits per heavy atom. The molecule has 0 bridgehead atoms. The van der Waals surface area contributed by atoms with Crippen LogP contribution in [0.3, 0.4) is 0 Å². The Bertz CT molecular complexity index is 348. The zero-order valence-corrected chi connectivity index (χ0v) is 11.0. The molecular weight excluding hydrogens is 248 g/mol. The fourth-order valence-electron chi connectivity index (χ4n) is 2.39. The summed E-state index contributed by atoms with van der Waals surface area (Å²) in [4.78, 5) is 35.5. The van der Waals surface area contributed by atoms with Crippen molar-refractivity contribution >= 4 is 17.7 Å². The van der Waals surface area contributed by atoms with Crippen LogP contribution in [0.5, 0.6) is 0 Å². The summed E-state index contributed by atoms with van der Waals surface area (Å²) in [5, 5.41) is 2.82. The summed E-state index contributed by atoms with van der Waals surface area (Å²) in [6, 6.07) is 0. The van der Waals surface area contributed by atoms with Gasteiger partial charge in [-0.1, -0.05) is 0 Å². The smallest absolute Gasteiger partial charge is 0.229 e. The van der Waals surface area contributed by atoms with Crippen LogP contribution in [0, 0.1) is 0 Å². The minimum absolute atomic E-state index is 0.0467. The van der Waals surface area contributed by atoms with Gasteiger partial charge in [0.2, 0.25) is 17.7 Å². The molecule has 2 rings (SSSR count). The van der Waals surface area contributed by atoms with Crippen LogP contribution in [0.4, 0.5) is 0 Å². The van der Waals surface area contributed by atoms with Crippen LogP contribution in [0.25, 0.3) is 0 Å². The van der Waals surface area contributed by atoms with Gasteiger partial charge < -0.3 is 10.1 Å². The van der Waals surface area contributed by atoms with Gasteiger partial charge in [0.15, 0.2) is 0 Å². The number of nitrogens with one attached hydrogen (secondary N) is 1. The summed E-state index contributed by atoms with van der Waals surface area (Å²) in [6.45, 7) is 1.69. The second kappa shape index (κ2) is 6.65. The molecule has 19 heavy (non-hydrogen) atoms. The first-order valence-electron chi connectivity index (χ1n) is 6.88. The molecule has 0 aliphatic carbocycles. The molecule has 2 aliphatic rings. The third kappa shape index (κ3) is 4.02. The van der Waals surface area contributed by atoms with Gasteiger partial charge in [0.05, 0.1) is 6.10 Å². The predicted molar refractivity (Wildman–Crippen MR) is 67.2 cm³/mol. The molecule has 2 heterocycles. The molecule has 0 radical (unpaired) electrons. The van der Waals surface area contributed by atoms with Gasteiger partial charge in [0.25, 0.3) is 0 Å². The topological polar surface area (TPSA) is 75.7 Å². The lowest BCUT2D eigenvalue weighted by Crippen LogP contribution is -2.33. The fourth-order valence-corrected chi connectivity index (χ4v) is 2.39. The highest BCUT2D eigenvalue weighted by molar-refractivity contribution is 6.01. The molecule has 0 spiro atoms. The molecule has 3 amide bonds. The van der Waals surface area contributed by atoms with E-state index in [1.165, 1.54) is 4.90 Å². The Morgan fingerprint density at radius 2 is 2.05 bits per heavy atom. The summed E-state index contributed by atoms with van der Waals surface area (Å²) in [5.74, 6) is -0.288. The normalized spacial score (nSPS) is 23.2. The lowest BCUT2D eigenvalue weighted by molar-refractivity contribution is -0.138. The molecule has 2 fully saturated rings. The van der Waals surface area contributed by atoms with E-state index in [2.05, 4.69) is 5.32 Å². The van der Waals surface area contributed by atoms with Crippen LogP contribution in [-0.2, 0) is 19.1 Å². The number of imide groups is 1. The van der Waals surface area contributed by atoms with E-state index in [-0.39, 0.29) is 23.8 Å². The Hall–Kier alpha value is -1.43. The Labute approximate surface area is 112 Å². The number of hydrogen-bond acceptors (Lipinski definition) is 4. The highest BCUT2D eigenvalue weighted by atomic mass is 16.5. The second-order valence-corrected chi connectivity index (χ2v) is 4.98. The van der Waals surface area contributed by atoms with Crippen LogP contribution in [0.2, 0.25) is 0 Å². The van der Waals surface area contributed by atoms with Crippen LogP contribution in [0.1, 0.15) is 38.5 Å². The first kappa shape index (κ1) is 14.0. The number of nitrogens with zero attached hydrogens (tertiary/aromatic N) is 1. The van der Waals surface area contributed by atoms with E-state index in [0.717, 1.165) is 19.4 Å². The fraction of sp³-hybridized carbons (Fsp3) is 0.769. The molecule has 2 aliphatic heterocycles. The van der Waals surface area contributed by atoms with E-state index in [4.69, 9.17) is 4.74 Å². The second-order valence-electron chi connectivity index (χ2n) is 4.98. The van der Waals surface area contributed by atoms with Crippen molar-refractivity contribution < 1.29 is 19.1 Å². The first-order chi connectivity index (χ1) is 9.16. The maximum absolute atomic E-state index is 11.6. The Balaban J connectivity index is 1.58. The van der Waals surface area contributed by atoms with Gasteiger partial charge in [0.1, 0.15) is 0 Å². The largest absolute Gasteiger partial charge is 0.376 e.